The predicted molar refractivity (Wildman–Crippen MR) is 105 cm³/mol. The molecule has 27 heavy (non-hydrogen) atoms. The van der Waals surface area contributed by atoms with Crippen molar-refractivity contribution in [2.75, 3.05) is 16.0 Å². The lowest BCUT2D eigenvalue weighted by Crippen LogP contribution is -2.34. The Morgan fingerprint density at radius 3 is 2.93 bits per heavy atom. The van der Waals surface area contributed by atoms with Gasteiger partial charge in [0.1, 0.15) is 11.8 Å². The molecule has 1 unspecified atom stereocenters. The first kappa shape index (κ1) is 18.9. The summed E-state index contributed by atoms with van der Waals surface area (Å²) in [6.45, 7) is 3.88. The minimum atomic E-state index is -0.375. The molecular formula is C20H26N4O3. The van der Waals surface area contributed by atoms with E-state index in [9.17, 15) is 9.59 Å². The average Bonchev–Trinajstić information content (AvgIpc) is 2.95. The van der Waals surface area contributed by atoms with Crippen molar-refractivity contribution in [1.82, 2.24) is 5.16 Å². The summed E-state index contributed by atoms with van der Waals surface area (Å²) in [5.74, 6) is 0.985. The number of unbranched alkanes of at least 4 members (excludes halogenated alkanes) is 1. The minimum absolute atomic E-state index is 0.0533. The van der Waals surface area contributed by atoms with Gasteiger partial charge in [0.2, 0.25) is 11.8 Å². The summed E-state index contributed by atoms with van der Waals surface area (Å²) in [6, 6.07) is 7.14. The fourth-order valence-corrected chi connectivity index (χ4v) is 3.18. The van der Waals surface area contributed by atoms with Gasteiger partial charge in [-0.05, 0) is 49.9 Å². The Kier molecular flexibility index (Phi) is 6.11. The number of carbonyl (C=O) groups excluding carboxylic acids is 2. The van der Waals surface area contributed by atoms with Gasteiger partial charge in [0.15, 0.2) is 5.82 Å². The maximum Gasteiger partial charge on any atom is 0.248 e. The van der Waals surface area contributed by atoms with Crippen LogP contribution in [0.2, 0.25) is 0 Å². The molecule has 0 bridgehead atoms. The van der Waals surface area contributed by atoms with Crippen molar-refractivity contribution in [2.24, 2.45) is 0 Å². The molecule has 0 radical (unpaired) electrons. The summed E-state index contributed by atoms with van der Waals surface area (Å²) in [7, 11) is 0. The van der Waals surface area contributed by atoms with Crippen LogP contribution in [0.1, 0.15) is 50.4 Å². The van der Waals surface area contributed by atoms with Crippen molar-refractivity contribution in [2.45, 2.75) is 58.4 Å². The van der Waals surface area contributed by atoms with Crippen LogP contribution in [0.5, 0.6) is 0 Å². The zero-order valence-corrected chi connectivity index (χ0v) is 15.8. The smallest absolute Gasteiger partial charge is 0.248 e. The van der Waals surface area contributed by atoms with Crippen LogP contribution in [-0.2, 0) is 16.0 Å². The zero-order chi connectivity index (χ0) is 19.2. The number of anilines is 3. The summed E-state index contributed by atoms with van der Waals surface area (Å²) in [6.07, 6.45) is 4.86. The topological polar surface area (TPSA) is 96.3 Å². The molecule has 2 amide bonds. The van der Waals surface area contributed by atoms with Gasteiger partial charge in [-0.25, -0.2) is 0 Å². The Morgan fingerprint density at radius 1 is 1.33 bits per heavy atom. The first-order valence-corrected chi connectivity index (χ1v) is 9.48. The number of amides is 2. The van der Waals surface area contributed by atoms with Gasteiger partial charge in [0.05, 0.1) is 0 Å². The van der Waals surface area contributed by atoms with E-state index in [1.807, 2.05) is 18.2 Å². The van der Waals surface area contributed by atoms with Crippen molar-refractivity contribution in [1.29, 1.82) is 0 Å². The summed E-state index contributed by atoms with van der Waals surface area (Å²) in [4.78, 5) is 24.4. The molecule has 0 saturated heterocycles. The maximum atomic E-state index is 12.7. The molecular weight excluding hydrogens is 344 g/mol. The number of hydrogen-bond acceptors (Lipinski definition) is 5. The van der Waals surface area contributed by atoms with Gasteiger partial charge in [-0.1, -0.05) is 24.9 Å². The Hall–Kier alpha value is -2.83. The van der Waals surface area contributed by atoms with Crippen molar-refractivity contribution in [3.8, 4) is 0 Å². The van der Waals surface area contributed by atoms with E-state index in [2.05, 4.69) is 28.0 Å². The second kappa shape index (κ2) is 8.70. The molecule has 1 aliphatic heterocycles. The third-order valence-electron chi connectivity index (χ3n) is 4.61. The summed E-state index contributed by atoms with van der Waals surface area (Å²) in [5, 5.41) is 12.9. The van der Waals surface area contributed by atoms with E-state index < -0.39 is 0 Å². The van der Waals surface area contributed by atoms with E-state index >= 15 is 0 Å². The quantitative estimate of drug-likeness (QED) is 0.687. The van der Waals surface area contributed by atoms with Crippen LogP contribution in [0.25, 0.3) is 0 Å². The molecule has 1 aliphatic rings. The van der Waals surface area contributed by atoms with Crippen molar-refractivity contribution >= 4 is 29.0 Å². The van der Waals surface area contributed by atoms with Gasteiger partial charge in [0, 0.05) is 23.9 Å². The number of carbonyl (C=O) groups is 2. The lowest BCUT2D eigenvalue weighted by Gasteiger charge is -2.20. The molecule has 1 aromatic heterocycles. The third kappa shape index (κ3) is 5.09. The Balaban J connectivity index is 1.72. The van der Waals surface area contributed by atoms with Crippen LogP contribution in [0.3, 0.4) is 0 Å². The highest BCUT2D eigenvalue weighted by Gasteiger charge is 2.20. The van der Waals surface area contributed by atoms with Gasteiger partial charge in [-0.15, -0.1) is 0 Å². The minimum Gasteiger partial charge on any atom is -0.374 e. The highest BCUT2D eigenvalue weighted by atomic mass is 16.5. The normalized spacial score (nSPS) is 14.7. The van der Waals surface area contributed by atoms with E-state index in [1.54, 1.807) is 13.0 Å². The number of hydrogen-bond donors (Lipinski definition) is 3. The molecule has 2 aromatic rings. The molecule has 0 aliphatic carbocycles. The number of rotatable bonds is 7. The lowest BCUT2D eigenvalue weighted by atomic mass is 10.1. The van der Waals surface area contributed by atoms with Crippen molar-refractivity contribution in [3.05, 3.63) is 35.6 Å². The van der Waals surface area contributed by atoms with E-state index in [0.717, 1.165) is 42.6 Å². The molecule has 144 valence electrons. The fourth-order valence-electron chi connectivity index (χ4n) is 3.18. The number of nitrogens with one attached hydrogen (secondary N) is 3. The Labute approximate surface area is 158 Å². The first-order chi connectivity index (χ1) is 13.0. The van der Waals surface area contributed by atoms with Gasteiger partial charge in [-0.2, -0.15) is 0 Å². The molecule has 7 nitrogen and oxygen atoms in total. The van der Waals surface area contributed by atoms with E-state index in [4.69, 9.17) is 4.52 Å². The van der Waals surface area contributed by atoms with Gasteiger partial charge >= 0.3 is 0 Å². The molecule has 2 heterocycles. The van der Waals surface area contributed by atoms with E-state index in [1.165, 1.54) is 0 Å². The summed E-state index contributed by atoms with van der Waals surface area (Å²) in [5.41, 5.74) is 2.82. The standard InChI is InChI=1S/C20H26N4O3/c1-3-4-7-17(20(26)23-18-11-13(2)27-24-18)21-15-9-10-16-14(12-15)6-5-8-19(25)22-16/h9-12,17,21H,3-8H2,1-2H3,(H,22,25)(H,23,24,26). The fraction of sp³-hybridized carbons (Fsp3) is 0.450. The van der Waals surface area contributed by atoms with Crippen LogP contribution in [0.15, 0.2) is 28.8 Å². The number of aryl methyl sites for hydroxylation is 2. The van der Waals surface area contributed by atoms with Gasteiger partial charge < -0.3 is 20.5 Å². The largest absolute Gasteiger partial charge is 0.374 e. The Bertz CT molecular complexity index is 815. The number of nitrogens with zero attached hydrogens (tertiary/aromatic N) is 1. The maximum absolute atomic E-state index is 12.7. The molecule has 3 N–H and O–H groups in total. The average molecular weight is 370 g/mol. The highest BCUT2D eigenvalue weighted by molar-refractivity contribution is 5.96. The second-order valence-electron chi connectivity index (χ2n) is 6.92. The second-order valence-corrected chi connectivity index (χ2v) is 6.92. The zero-order valence-electron chi connectivity index (χ0n) is 15.8. The van der Waals surface area contributed by atoms with Gasteiger partial charge in [0.25, 0.3) is 0 Å². The van der Waals surface area contributed by atoms with E-state index in [-0.39, 0.29) is 17.9 Å². The van der Waals surface area contributed by atoms with Crippen LogP contribution in [-0.4, -0.2) is 23.0 Å². The van der Waals surface area contributed by atoms with Crippen LogP contribution < -0.4 is 16.0 Å². The predicted octanol–water partition coefficient (Wildman–Crippen LogP) is 3.87. The number of aromatic nitrogens is 1. The van der Waals surface area contributed by atoms with Crippen LogP contribution in [0.4, 0.5) is 17.2 Å². The Morgan fingerprint density at radius 2 is 2.19 bits per heavy atom. The first-order valence-electron chi connectivity index (χ1n) is 9.48. The number of benzene rings is 1. The monoisotopic (exact) mass is 370 g/mol. The van der Waals surface area contributed by atoms with Crippen LogP contribution in [0, 0.1) is 6.92 Å². The van der Waals surface area contributed by atoms with Gasteiger partial charge in [-0.3, -0.25) is 9.59 Å². The molecule has 1 aromatic carbocycles. The van der Waals surface area contributed by atoms with E-state index in [0.29, 0.717) is 24.4 Å². The highest BCUT2D eigenvalue weighted by Crippen LogP contribution is 2.26. The molecule has 3 rings (SSSR count). The third-order valence-corrected chi connectivity index (χ3v) is 4.61. The number of fused-ring (bicyclic) bond motifs is 1. The molecule has 0 saturated carbocycles. The summed E-state index contributed by atoms with van der Waals surface area (Å²) < 4.78 is 5.01. The summed E-state index contributed by atoms with van der Waals surface area (Å²) >= 11 is 0. The SMILES string of the molecule is CCCCC(Nc1ccc2c(c1)CCCC(=O)N2)C(=O)Nc1cc(C)on1. The molecule has 0 fully saturated rings. The van der Waals surface area contributed by atoms with Crippen LogP contribution >= 0.6 is 0 Å². The van der Waals surface area contributed by atoms with Crippen molar-refractivity contribution in [3.63, 3.8) is 0 Å². The molecule has 7 heteroatoms. The molecule has 0 spiro atoms. The molecule has 1 atom stereocenters. The van der Waals surface area contributed by atoms with Crippen molar-refractivity contribution < 1.29 is 14.1 Å². The lowest BCUT2D eigenvalue weighted by molar-refractivity contribution is -0.117.